The molecule has 2 aromatic rings. The van der Waals surface area contributed by atoms with Crippen LogP contribution in [0.15, 0.2) is 30.6 Å². The van der Waals surface area contributed by atoms with E-state index in [4.69, 9.17) is 4.74 Å². The predicted octanol–water partition coefficient (Wildman–Crippen LogP) is 2.66. The van der Waals surface area contributed by atoms with Crippen LogP contribution in [0.4, 0.5) is 4.79 Å². The number of hydrogen-bond donors (Lipinski definition) is 0. The van der Waals surface area contributed by atoms with Gasteiger partial charge in [-0.25, -0.2) is 4.79 Å². The Balaban J connectivity index is 1.52. The van der Waals surface area contributed by atoms with E-state index in [0.717, 1.165) is 12.0 Å². The molecule has 29 heavy (non-hydrogen) atoms. The maximum Gasteiger partial charge on any atom is 0.410 e. The standard InChI is InChI=1S/C21H27N5O3/c1-14-5-6-17(26-22-8-9-23-26)16(11-14)19(27)24-10-7-15-12-25(18(15)13-24)20(28)29-21(2,3)4/h5-6,8-9,11,15,18H,7,10,12-13H2,1-4H3/t15-,18-/m0/s1. The number of fused-ring (bicyclic) bond motifs is 1. The Morgan fingerprint density at radius 1 is 1.14 bits per heavy atom. The Morgan fingerprint density at radius 3 is 2.55 bits per heavy atom. The molecule has 2 aliphatic heterocycles. The highest BCUT2D eigenvalue weighted by molar-refractivity contribution is 5.98. The van der Waals surface area contributed by atoms with E-state index in [9.17, 15) is 9.59 Å². The number of carbonyl (C=O) groups is 2. The second kappa shape index (κ2) is 7.17. The number of rotatable bonds is 2. The van der Waals surface area contributed by atoms with Gasteiger partial charge in [-0.3, -0.25) is 4.79 Å². The van der Waals surface area contributed by atoms with Crippen LogP contribution in [-0.4, -0.2) is 68.1 Å². The smallest absolute Gasteiger partial charge is 0.410 e. The maximum atomic E-state index is 13.4. The number of aromatic nitrogens is 3. The lowest BCUT2D eigenvalue weighted by atomic mass is 9.82. The molecule has 8 nitrogen and oxygen atoms in total. The number of likely N-dealkylation sites (tertiary alicyclic amines) is 2. The van der Waals surface area contributed by atoms with Gasteiger partial charge >= 0.3 is 6.09 Å². The van der Waals surface area contributed by atoms with E-state index >= 15 is 0 Å². The van der Waals surface area contributed by atoms with Crippen molar-refractivity contribution in [1.82, 2.24) is 24.8 Å². The van der Waals surface area contributed by atoms with Gasteiger partial charge in [0.05, 0.1) is 29.7 Å². The average molecular weight is 397 g/mol. The van der Waals surface area contributed by atoms with Crippen LogP contribution in [0.25, 0.3) is 5.69 Å². The van der Waals surface area contributed by atoms with Gasteiger partial charge in [0, 0.05) is 25.6 Å². The highest BCUT2D eigenvalue weighted by Gasteiger charge is 2.47. The van der Waals surface area contributed by atoms with Crippen molar-refractivity contribution >= 4 is 12.0 Å². The van der Waals surface area contributed by atoms with Gasteiger partial charge in [0.25, 0.3) is 5.91 Å². The third-order valence-corrected chi connectivity index (χ3v) is 5.48. The number of carbonyl (C=O) groups excluding carboxylic acids is 2. The molecule has 0 aliphatic carbocycles. The molecular formula is C21H27N5O3. The molecular weight excluding hydrogens is 370 g/mol. The van der Waals surface area contributed by atoms with Crippen LogP contribution in [-0.2, 0) is 4.74 Å². The monoisotopic (exact) mass is 397 g/mol. The Hall–Kier alpha value is -2.90. The highest BCUT2D eigenvalue weighted by Crippen LogP contribution is 2.34. The number of amides is 2. The first kappa shape index (κ1) is 19.4. The van der Waals surface area contributed by atoms with Crippen molar-refractivity contribution in [3.63, 3.8) is 0 Å². The predicted molar refractivity (Wildman–Crippen MR) is 107 cm³/mol. The molecule has 3 heterocycles. The van der Waals surface area contributed by atoms with Gasteiger partial charge in [0.2, 0.25) is 0 Å². The molecule has 0 radical (unpaired) electrons. The van der Waals surface area contributed by atoms with Crippen LogP contribution in [0.1, 0.15) is 43.1 Å². The van der Waals surface area contributed by atoms with Crippen molar-refractivity contribution in [2.45, 2.75) is 45.8 Å². The molecule has 0 saturated carbocycles. The lowest BCUT2D eigenvalue weighted by Gasteiger charge is -2.53. The van der Waals surface area contributed by atoms with E-state index in [2.05, 4.69) is 10.2 Å². The zero-order chi connectivity index (χ0) is 20.8. The molecule has 154 valence electrons. The summed E-state index contributed by atoms with van der Waals surface area (Å²) in [5.74, 6) is 0.367. The summed E-state index contributed by atoms with van der Waals surface area (Å²) in [7, 11) is 0. The van der Waals surface area contributed by atoms with E-state index in [0.29, 0.717) is 36.8 Å². The second-order valence-corrected chi connectivity index (χ2v) is 8.84. The first-order chi connectivity index (χ1) is 13.7. The number of hydrogen-bond acceptors (Lipinski definition) is 5. The van der Waals surface area contributed by atoms with Crippen LogP contribution in [0.2, 0.25) is 0 Å². The Kier molecular flexibility index (Phi) is 4.80. The third kappa shape index (κ3) is 3.83. The summed E-state index contributed by atoms with van der Waals surface area (Å²) in [6.45, 7) is 9.45. The van der Waals surface area contributed by atoms with Crippen LogP contribution in [0.3, 0.4) is 0 Å². The SMILES string of the molecule is Cc1ccc(-n2nccn2)c(C(=O)N2CC[C@H]3CN(C(=O)OC(C)(C)C)[C@H]3C2)c1. The van der Waals surface area contributed by atoms with E-state index in [1.54, 1.807) is 17.3 Å². The van der Waals surface area contributed by atoms with Crippen LogP contribution < -0.4 is 0 Å². The molecule has 0 unspecified atom stereocenters. The summed E-state index contributed by atoms with van der Waals surface area (Å²) in [5.41, 5.74) is 1.70. The molecule has 2 atom stereocenters. The molecule has 1 aromatic carbocycles. The largest absolute Gasteiger partial charge is 0.444 e. The van der Waals surface area contributed by atoms with Gasteiger partial charge in [0.1, 0.15) is 5.60 Å². The average Bonchev–Trinajstić information content (AvgIpc) is 3.15. The number of nitrogens with zero attached hydrogens (tertiary/aromatic N) is 5. The Bertz CT molecular complexity index is 919. The van der Waals surface area contributed by atoms with Gasteiger partial charge in [-0.1, -0.05) is 11.6 Å². The molecule has 0 bridgehead atoms. The molecule has 8 heteroatoms. The normalized spacial score (nSPS) is 21.4. The lowest BCUT2D eigenvalue weighted by Crippen LogP contribution is -2.66. The number of ether oxygens (including phenoxy) is 1. The Labute approximate surface area is 170 Å². The zero-order valence-corrected chi connectivity index (χ0v) is 17.3. The zero-order valence-electron chi connectivity index (χ0n) is 17.3. The number of aryl methyl sites for hydroxylation is 1. The second-order valence-electron chi connectivity index (χ2n) is 8.84. The van der Waals surface area contributed by atoms with Crippen LogP contribution in [0, 0.1) is 12.8 Å². The van der Waals surface area contributed by atoms with E-state index < -0.39 is 5.60 Å². The summed E-state index contributed by atoms with van der Waals surface area (Å²) in [6, 6.07) is 5.70. The first-order valence-corrected chi connectivity index (χ1v) is 9.99. The molecule has 2 fully saturated rings. The van der Waals surface area contributed by atoms with Crippen molar-refractivity contribution in [1.29, 1.82) is 0 Å². The van der Waals surface area contributed by atoms with Gasteiger partial charge < -0.3 is 14.5 Å². The summed E-state index contributed by atoms with van der Waals surface area (Å²) in [5, 5.41) is 8.35. The minimum absolute atomic E-state index is 0.0126. The summed E-state index contributed by atoms with van der Waals surface area (Å²) in [6.07, 6.45) is 3.76. The summed E-state index contributed by atoms with van der Waals surface area (Å²) >= 11 is 0. The fourth-order valence-corrected chi connectivity index (χ4v) is 4.02. The molecule has 0 N–H and O–H groups in total. The van der Waals surface area contributed by atoms with E-state index in [1.807, 2.05) is 50.8 Å². The van der Waals surface area contributed by atoms with Crippen molar-refractivity contribution in [3.05, 3.63) is 41.7 Å². The third-order valence-electron chi connectivity index (χ3n) is 5.48. The maximum absolute atomic E-state index is 13.4. The molecule has 4 rings (SSSR count). The summed E-state index contributed by atoms with van der Waals surface area (Å²) in [4.78, 5) is 30.9. The fourth-order valence-electron chi connectivity index (χ4n) is 4.02. The quantitative estimate of drug-likeness (QED) is 0.778. The summed E-state index contributed by atoms with van der Waals surface area (Å²) < 4.78 is 5.52. The van der Waals surface area contributed by atoms with Crippen molar-refractivity contribution in [2.24, 2.45) is 5.92 Å². The minimum atomic E-state index is -0.528. The minimum Gasteiger partial charge on any atom is -0.444 e. The molecule has 1 aromatic heterocycles. The number of benzene rings is 1. The van der Waals surface area contributed by atoms with Crippen LogP contribution >= 0.6 is 0 Å². The highest BCUT2D eigenvalue weighted by atomic mass is 16.6. The van der Waals surface area contributed by atoms with Crippen molar-refractivity contribution in [2.75, 3.05) is 19.6 Å². The first-order valence-electron chi connectivity index (χ1n) is 9.99. The lowest BCUT2D eigenvalue weighted by molar-refractivity contribution is -0.0545. The van der Waals surface area contributed by atoms with Gasteiger partial charge in [0.15, 0.2) is 0 Å². The van der Waals surface area contributed by atoms with Crippen molar-refractivity contribution < 1.29 is 14.3 Å². The molecule has 0 spiro atoms. The van der Waals surface area contributed by atoms with Crippen molar-refractivity contribution in [3.8, 4) is 5.69 Å². The topological polar surface area (TPSA) is 80.6 Å². The van der Waals surface area contributed by atoms with Gasteiger partial charge in [-0.15, -0.1) is 0 Å². The molecule has 2 amide bonds. The van der Waals surface area contributed by atoms with E-state index in [1.165, 1.54) is 4.80 Å². The molecule has 2 saturated heterocycles. The number of piperidine rings is 1. The molecule has 2 aliphatic rings. The van der Waals surface area contributed by atoms with Gasteiger partial charge in [-0.2, -0.15) is 15.0 Å². The van der Waals surface area contributed by atoms with Gasteiger partial charge in [-0.05, 0) is 46.2 Å². The Morgan fingerprint density at radius 2 is 1.86 bits per heavy atom. The van der Waals surface area contributed by atoms with E-state index in [-0.39, 0.29) is 18.0 Å². The van der Waals surface area contributed by atoms with Crippen LogP contribution in [0.5, 0.6) is 0 Å². The fraction of sp³-hybridized carbons (Fsp3) is 0.524.